The van der Waals surface area contributed by atoms with Crippen LogP contribution in [-0.4, -0.2) is 62.8 Å². The summed E-state index contributed by atoms with van der Waals surface area (Å²) in [5, 5.41) is 8.49. The number of hydrogen-bond donors (Lipinski definition) is 2. The first kappa shape index (κ1) is 56.0. The number of carbonyl (C=O) groups is 2. The smallest absolute Gasteiger partial charge is 0.305 e. The Labute approximate surface area is 325 Å². The predicted octanol–water partition coefficient (Wildman–Crippen LogP) is 13.3. The Hall–Kier alpha value is -1.73. The van der Waals surface area contributed by atoms with Crippen LogP contribution >= 0.6 is 12.6 Å². The molecule has 5 nitrogen and oxygen atoms in total. The summed E-state index contributed by atoms with van der Waals surface area (Å²) in [5.41, 5.74) is 0. The van der Waals surface area contributed by atoms with Crippen molar-refractivity contribution in [2.75, 3.05) is 33.0 Å². The Bertz CT molecular complexity index is 783. The highest BCUT2D eigenvalue weighted by atomic mass is 32.1. The highest BCUT2D eigenvalue weighted by Gasteiger charge is 2.02. The Kier molecular flexibility index (Phi) is 60.5. The van der Waals surface area contributed by atoms with Crippen LogP contribution < -0.4 is 0 Å². The van der Waals surface area contributed by atoms with Crippen molar-refractivity contribution in [3.63, 3.8) is 0 Å². The molecule has 298 valence electrons. The van der Waals surface area contributed by atoms with Gasteiger partial charge in [-0.05, 0) is 148 Å². The summed E-state index contributed by atoms with van der Waals surface area (Å²) in [4.78, 5) is 24.1. The molecule has 0 aliphatic rings. The van der Waals surface area contributed by atoms with Crippen LogP contribution in [0.2, 0.25) is 6.32 Å². The zero-order valence-corrected chi connectivity index (χ0v) is 35.5. The van der Waals surface area contributed by atoms with Gasteiger partial charge in [0.05, 0.1) is 14.5 Å². The summed E-state index contributed by atoms with van der Waals surface area (Å²) in [7, 11) is 9.60. The molecule has 0 aromatic carbocycles. The zero-order chi connectivity index (χ0) is 38.9. The van der Waals surface area contributed by atoms with E-state index < -0.39 is 5.97 Å². The number of carboxylic acids is 1. The van der Waals surface area contributed by atoms with E-state index in [0.717, 1.165) is 95.7 Å². The van der Waals surface area contributed by atoms with E-state index in [1.807, 2.05) is 27.7 Å². The third-order valence-corrected chi connectivity index (χ3v) is 7.85. The van der Waals surface area contributed by atoms with Crippen LogP contribution in [0, 0.1) is 0 Å². The molecule has 0 atom stereocenters. The lowest BCUT2D eigenvalue weighted by Gasteiger charge is -2.09. The second-order valence-corrected chi connectivity index (χ2v) is 13.0. The summed E-state index contributed by atoms with van der Waals surface area (Å²) in [6, 6.07) is 0. The van der Waals surface area contributed by atoms with Gasteiger partial charge in [-0.2, -0.15) is 12.6 Å². The molecule has 0 aliphatic carbocycles. The van der Waals surface area contributed by atoms with Gasteiger partial charge < -0.3 is 14.7 Å². The van der Waals surface area contributed by atoms with Gasteiger partial charge in [0.25, 0.3) is 0 Å². The molecule has 0 spiro atoms. The number of carbonyl (C=O) groups excluding carboxylic acids is 1. The maximum absolute atomic E-state index is 11.6. The quantitative estimate of drug-likeness (QED) is 0.0231. The molecule has 1 N–H and O–H groups in total. The lowest BCUT2D eigenvalue weighted by Crippen LogP contribution is -2.14. The van der Waals surface area contributed by atoms with Crippen molar-refractivity contribution >= 4 is 32.4 Å². The lowest BCUT2D eigenvalue weighted by molar-refractivity contribution is -0.144. The summed E-state index contributed by atoms with van der Waals surface area (Å²) < 4.78 is 5.26. The second-order valence-electron chi connectivity index (χ2n) is 12.6. The van der Waals surface area contributed by atoms with Crippen LogP contribution in [0.1, 0.15) is 182 Å². The molecule has 7 heteroatoms. The molecule has 51 heavy (non-hydrogen) atoms. The van der Waals surface area contributed by atoms with E-state index in [2.05, 4.69) is 80.2 Å². The van der Waals surface area contributed by atoms with Gasteiger partial charge in [0, 0.05) is 12.8 Å². The fraction of sp³-hybridized carbons (Fsp3) is 0.773. The third kappa shape index (κ3) is 63.7. The number of esters is 1. The van der Waals surface area contributed by atoms with Crippen LogP contribution in [0.25, 0.3) is 0 Å². The molecule has 0 rings (SSSR count). The van der Waals surface area contributed by atoms with E-state index in [4.69, 9.17) is 17.7 Å². The maximum atomic E-state index is 11.6. The van der Waals surface area contributed by atoms with Crippen LogP contribution in [0.3, 0.4) is 0 Å². The number of unbranched alkanes of at least 4 members (excludes halogenated alkanes) is 15. The molecule has 0 heterocycles. The zero-order valence-electron chi connectivity index (χ0n) is 34.6. The number of nitrogens with zero attached hydrogens (tertiary/aromatic N) is 1. The molecule has 0 amide bonds. The highest BCUT2D eigenvalue weighted by molar-refractivity contribution is 7.80. The SMILES string of the molecule is CC.CC.O=C(O)CCCC/C=C\CCC/C=C\CCCCCS.[B]CCCCC/C=C\CCC/C=C\CCCCC(=O)OCCCCN(C)C. The number of rotatable bonds is 33. The fourth-order valence-corrected chi connectivity index (χ4v) is 4.87. The minimum absolute atomic E-state index is 0.0429. The molecule has 2 radical (unpaired) electrons. The standard InChI is InChI=1S/C23H42BNO2.C17H30O2S.2C2H6/c1-25(2)21-17-18-22-27-23(26)19-15-13-11-9-7-5-3-4-6-8-10-12-14-16-20-24;18-17(19)15-13-11-9-7-5-3-1-2-4-6-8-10-12-14-16-20;2*1-2/h6-9H,3-5,10-22H2,1-2H3;4-7,20H,1-3,8-16H2,(H,18,19);2*1-2H3/b8-6-,9-7-;6-4-,7-5-;;. The average molecular weight is 734 g/mol. The van der Waals surface area contributed by atoms with Gasteiger partial charge >= 0.3 is 11.9 Å². The highest BCUT2D eigenvalue weighted by Crippen LogP contribution is 2.08. The molecule has 0 aromatic heterocycles. The topological polar surface area (TPSA) is 66.8 Å². The Morgan fingerprint density at radius 1 is 0.549 bits per heavy atom. The molecule has 0 saturated carbocycles. The first-order valence-corrected chi connectivity index (χ1v) is 21.5. The molecule has 0 aliphatic heterocycles. The normalized spacial score (nSPS) is 11.1. The maximum Gasteiger partial charge on any atom is 0.305 e. The van der Waals surface area contributed by atoms with Crippen molar-refractivity contribution in [2.24, 2.45) is 0 Å². The third-order valence-electron chi connectivity index (χ3n) is 7.53. The first-order chi connectivity index (χ1) is 24.9. The molecule has 0 fully saturated rings. The summed E-state index contributed by atoms with van der Waals surface area (Å²) in [6.45, 7) is 9.62. The number of allylic oxidation sites excluding steroid dienone is 8. The monoisotopic (exact) mass is 734 g/mol. The van der Waals surface area contributed by atoms with Crippen molar-refractivity contribution < 1.29 is 19.4 Å². The van der Waals surface area contributed by atoms with Crippen molar-refractivity contribution in [3.8, 4) is 0 Å². The Balaban J connectivity index is -0.000000408. The number of ether oxygens (including phenoxy) is 1. The largest absolute Gasteiger partial charge is 0.481 e. The van der Waals surface area contributed by atoms with E-state index in [1.54, 1.807) is 0 Å². The fourth-order valence-electron chi connectivity index (χ4n) is 4.64. The van der Waals surface area contributed by atoms with E-state index in [9.17, 15) is 9.59 Å². The van der Waals surface area contributed by atoms with Gasteiger partial charge in [-0.25, -0.2) is 0 Å². The molecular weight excluding hydrogens is 649 g/mol. The first-order valence-electron chi connectivity index (χ1n) is 20.9. The van der Waals surface area contributed by atoms with Gasteiger partial charge in [0.15, 0.2) is 0 Å². The van der Waals surface area contributed by atoms with Gasteiger partial charge in [-0.1, -0.05) is 102 Å². The average Bonchev–Trinajstić information content (AvgIpc) is 3.13. The summed E-state index contributed by atoms with van der Waals surface area (Å²) in [5.74, 6) is 0.275. The number of thiol groups is 1. The van der Waals surface area contributed by atoms with Crippen molar-refractivity contribution in [1.82, 2.24) is 4.90 Å². The number of aliphatic carboxylic acids is 1. The molecule has 0 bridgehead atoms. The van der Waals surface area contributed by atoms with Crippen LogP contribution in [0.5, 0.6) is 0 Å². The van der Waals surface area contributed by atoms with E-state index in [-0.39, 0.29) is 5.97 Å². The van der Waals surface area contributed by atoms with Gasteiger partial charge in [-0.15, -0.1) is 0 Å². The minimum atomic E-state index is -0.689. The van der Waals surface area contributed by atoms with Gasteiger partial charge in [0.1, 0.15) is 0 Å². The number of hydrogen-bond acceptors (Lipinski definition) is 5. The lowest BCUT2D eigenvalue weighted by atomic mass is 9.99. The Morgan fingerprint density at radius 3 is 1.33 bits per heavy atom. The summed E-state index contributed by atoms with van der Waals surface area (Å²) >= 11 is 4.20. The van der Waals surface area contributed by atoms with Crippen molar-refractivity contribution in [3.05, 3.63) is 48.6 Å². The van der Waals surface area contributed by atoms with E-state index >= 15 is 0 Å². The summed E-state index contributed by atoms with van der Waals surface area (Å²) in [6.07, 6.45) is 44.6. The predicted molar refractivity (Wildman–Crippen MR) is 232 cm³/mol. The van der Waals surface area contributed by atoms with Gasteiger partial charge in [0.2, 0.25) is 0 Å². The molecule has 0 saturated heterocycles. The van der Waals surface area contributed by atoms with Crippen molar-refractivity contribution in [2.45, 2.75) is 188 Å². The van der Waals surface area contributed by atoms with Crippen LogP contribution in [-0.2, 0) is 14.3 Å². The minimum Gasteiger partial charge on any atom is -0.481 e. The molecule has 0 unspecified atom stereocenters. The second kappa shape index (κ2) is 55.0. The molecular formula is C44H84BNO4S. The number of carboxylic acid groups (broad SMARTS) is 1. The van der Waals surface area contributed by atoms with E-state index in [0.29, 0.717) is 19.4 Å². The van der Waals surface area contributed by atoms with Crippen LogP contribution in [0.15, 0.2) is 48.6 Å². The Morgan fingerprint density at radius 2 is 0.941 bits per heavy atom. The van der Waals surface area contributed by atoms with Crippen molar-refractivity contribution in [1.29, 1.82) is 0 Å². The van der Waals surface area contributed by atoms with Crippen LogP contribution in [0.4, 0.5) is 0 Å². The van der Waals surface area contributed by atoms with Gasteiger partial charge in [-0.3, -0.25) is 9.59 Å². The van der Waals surface area contributed by atoms with E-state index in [1.165, 1.54) is 64.2 Å². The molecule has 0 aromatic rings.